The molecule has 8 nitrogen and oxygen atoms in total. The largest absolute Gasteiger partial charge is 0.393 e. The molecule has 20 heavy (non-hydrogen) atoms. The van der Waals surface area contributed by atoms with Crippen molar-refractivity contribution in [2.24, 2.45) is 0 Å². The highest BCUT2D eigenvalue weighted by atomic mass is 32.2. The number of hydrogen-bond acceptors (Lipinski definition) is 6. The molecule has 3 N–H and O–H groups in total. The van der Waals surface area contributed by atoms with Crippen LogP contribution in [0.2, 0.25) is 0 Å². The van der Waals surface area contributed by atoms with Gasteiger partial charge in [-0.15, -0.1) is 0 Å². The molecule has 0 aromatic heterocycles. The number of hydrogen-bond donors (Lipinski definition) is 2. The van der Waals surface area contributed by atoms with E-state index in [4.69, 9.17) is 10.5 Å². The third kappa shape index (κ3) is 2.89. The van der Waals surface area contributed by atoms with Crippen LogP contribution in [0.3, 0.4) is 0 Å². The van der Waals surface area contributed by atoms with Crippen LogP contribution in [0.25, 0.3) is 0 Å². The minimum absolute atomic E-state index is 0.0596. The summed E-state index contributed by atoms with van der Waals surface area (Å²) in [6.45, 7) is 2.34. The van der Waals surface area contributed by atoms with Gasteiger partial charge in [-0.1, -0.05) is 0 Å². The molecule has 1 fully saturated rings. The molecule has 0 saturated carbocycles. The minimum atomic E-state index is -3.84. The van der Waals surface area contributed by atoms with Crippen LogP contribution in [0.1, 0.15) is 12.0 Å². The van der Waals surface area contributed by atoms with Gasteiger partial charge in [0.2, 0.25) is 10.0 Å². The van der Waals surface area contributed by atoms with Gasteiger partial charge in [-0.05, 0) is 25.0 Å². The Morgan fingerprint density at radius 3 is 2.75 bits per heavy atom. The van der Waals surface area contributed by atoms with Gasteiger partial charge in [0, 0.05) is 18.7 Å². The fourth-order valence-corrected chi connectivity index (χ4v) is 3.56. The van der Waals surface area contributed by atoms with E-state index < -0.39 is 20.6 Å². The van der Waals surface area contributed by atoms with E-state index in [2.05, 4.69) is 4.72 Å². The van der Waals surface area contributed by atoms with Crippen LogP contribution in [0, 0.1) is 17.0 Å². The van der Waals surface area contributed by atoms with Gasteiger partial charge in [0.25, 0.3) is 5.69 Å². The summed E-state index contributed by atoms with van der Waals surface area (Å²) in [5.41, 5.74) is 5.40. The number of nitro groups is 1. The summed E-state index contributed by atoms with van der Waals surface area (Å²) in [6.07, 6.45) is 0.579. The lowest BCUT2D eigenvalue weighted by molar-refractivity contribution is -0.384. The van der Waals surface area contributed by atoms with Gasteiger partial charge in [-0.25, -0.2) is 13.1 Å². The van der Waals surface area contributed by atoms with Crippen molar-refractivity contribution in [3.8, 4) is 0 Å². The fourth-order valence-electron chi connectivity index (χ4n) is 2.06. The van der Waals surface area contributed by atoms with Crippen LogP contribution in [0.4, 0.5) is 11.4 Å². The van der Waals surface area contributed by atoms with Gasteiger partial charge in [0.15, 0.2) is 0 Å². The van der Waals surface area contributed by atoms with Gasteiger partial charge >= 0.3 is 0 Å². The molecule has 0 aliphatic carbocycles. The second-order valence-corrected chi connectivity index (χ2v) is 6.30. The first-order chi connectivity index (χ1) is 9.31. The van der Waals surface area contributed by atoms with Crippen molar-refractivity contribution in [2.75, 3.05) is 18.9 Å². The summed E-state index contributed by atoms with van der Waals surface area (Å²) in [5, 5.41) is 10.8. The first-order valence-electron chi connectivity index (χ1n) is 5.96. The quantitative estimate of drug-likeness (QED) is 0.475. The smallest absolute Gasteiger partial charge is 0.293 e. The average molecular weight is 301 g/mol. The monoisotopic (exact) mass is 301 g/mol. The Balaban J connectivity index is 2.40. The molecule has 1 saturated heterocycles. The molecule has 1 aromatic carbocycles. The van der Waals surface area contributed by atoms with Crippen LogP contribution in [0.5, 0.6) is 0 Å². The van der Waals surface area contributed by atoms with Gasteiger partial charge in [-0.2, -0.15) is 0 Å². The normalized spacial score (nSPS) is 19.1. The van der Waals surface area contributed by atoms with Crippen LogP contribution in [-0.4, -0.2) is 32.6 Å². The first-order valence-corrected chi connectivity index (χ1v) is 7.44. The molecule has 0 radical (unpaired) electrons. The Labute approximate surface area is 116 Å². The number of nitrogens with one attached hydrogen (secondary N) is 1. The van der Waals surface area contributed by atoms with Gasteiger partial charge < -0.3 is 10.5 Å². The molecule has 1 heterocycles. The number of aryl methyl sites for hydroxylation is 1. The molecule has 1 aliphatic heterocycles. The maximum absolute atomic E-state index is 12.3. The first kappa shape index (κ1) is 14.7. The van der Waals surface area contributed by atoms with Crippen molar-refractivity contribution in [1.82, 2.24) is 4.72 Å². The molecule has 1 unspecified atom stereocenters. The van der Waals surface area contributed by atoms with Crippen molar-refractivity contribution in [1.29, 1.82) is 0 Å². The minimum Gasteiger partial charge on any atom is -0.393 e. The van der Waals surface area contributed by atoms with Crippen molar-refractivity contribution < 1.29 is 18.1 Å². The predicted molar refractivity (Wildman–Crippen MR) is 71.8 cm³/mol. The second-order valence-electron chi connectivity index (χ2n) is 4.62. The lowest BCUT2D eigenvalue weighted by atomic mass is 10.2. The van der Waals surface area contributed by atoms with E-state index in [-0.39, 0.29) is 16.6 Å². The Hall–Kier alpha value is -1.71. The highest BCUT2D eigenvalue weighted by Crippen LogP contribution is 2.28. The number of nitrogen functional groups attached to an aromatic ring is 1. The van der Waals surface area contributed by atoms with Crippen molar-refractivity contribution in [2.45, 2.75) is 24.3 Å². The van der Waals surface area contributed by atoms with E-state index in [0.29, 0.717) is 25.2 Å². The number of ether oxygens (including phenoxy) is 1. The number of anilines is 1. The molecular weight excluding hydrogens is 286 g/mol. The maximum Gasteiger partial charge on any atom is 0.293 e. The van der Waals surface area contributed by atoms with Crippen LogP contribution >= 0.6 is 0 Å². The Morgan fingerprint density at radius 1 is 1.50 bits per heavy atom. The Kier molecular flexibility index (Phi) is 3.93. The van der Waals surface area contributed by atoms with E-state index >= 15 is 0 Å². The Bertz CT molecular complexity index is 638. The van der Waals surface area contributed by atoms with Crippen LogP contribution < -0.4 is 10.5 Å². The van der Waals surface area contributed by atoms with Crippen molar-refractivity contribution >= 4 is 21.4 Å². The highest BCUT2D eigenvalue weighted by molar-refractivity contribution is 7.89. The second kappa shape index (κ2) is 5.35. The molecule has 2 rings (SSSR count). The maximum atomic E-state index is 12.3. The topological polar surface area (TPSA) is 125 Å². The molecule has 1 aromatic rings. The fraction of sp³-hybridized carbons (Fsp3) is 0.455. The van der Waals surface area contributed by atoms with Crippen molar-refractivity contribution in [3.63, 3.8) is 0 Å². The summed E-state index contributed by atoms with van der Waals surface area (Å²) in [5.74, 6) is 0. The van der Waals surface area contributed by atoms with Gasteiger partial charge in [-0.3, -0.25) is 10.1 Å². The molecule has 1 atom stereocenters. The SMILES string of the molecule is Cc1cc(N)c([N+](=O)[O-])cc1S(=O)(=O)NC1CCOC1. The third-order valence-electron chi connectivity index (χ3n) is 3.06. The molecule has 1 aliphatic rings. The lowest BCUT2D eigenvalue weighted by Gasteiger charge is -2.13. The summed E-state index contributed by atoms with van der Waals surface area (Å²) in [7, 11) is -3.84. The standard InChI is InChI=1S/C11H15N3O5S/c1-7-4-9(12)10(14(15)16)5-11(7)20(17,18)13-8-2-3-19-6-8/h4-5,8,13H,2-3,6,12H2,1H3. The molecule has 0 amide bonds. The number of benzene rings is 1. The van der Waals surface area contributed by atoms with Gasteiger partial charge in [0.1, 0.15) is 5.69 Å². The van der Waals surface area contributed by atoms with E-state index in [1.54, 1.807) is 6.92 Å². The van der Waals surface area contributed by atoms with E-state index in [0.717, 1.165) is 6.07 Å². The average Bonchev–Trinajstić information content (AvgIpc) is 2.79. The van der Waals surface area contributed by atoms with E-state index in [1.807, 2.05) is 0 Å². The predicted octanol–water partition coefficient (Wildman–Crippen LogP) is 0.553. The van der Waals surface area contributed by atoms with Gasteiger partial charge in [0.05, 0.1) is 16.4 Å². The zero-order chi connectivity index (χ0) is 14.9. The number of rotatable bonds is 4. The zero-order valence-electron chi connectivity index (χ0n) is 10.8. The number of nitrogens with two attached hydrogens (primary N) is 1. The summed E-state index contributed by atoms with van der Waals surface area (Å²) < 4.78 is 32.1. The van der Waals surface area contributed by atoms with Crippen LogP contribution in [0.15, 0.2) is 17.0 Å². The van der Waals surface area contributed by atoms with Crippen molar-refractivity contribution in [3.05, 3.63) is 27.8 Å². The molecular formula is C11H15N3O5S. The number of nitrogens with zero attached hydrogens (tertiary/aromatic N) is 1. The molecule has 9 heteroatoms. The van der Waals surface area contributed by atoms with E-state index in [1.165, 1.54) is 6.07 Å². The molecule has 0 bridgehead atoms. The summed E-state index contributed by atoms with van der Waals surface area (Å²) in [4.78, 5) is 10.0. The zero-order valence-corrected chi connectivity index (χ0v) is 11.6. The number of sulfonamides is 1. The molecule has 0 spiro atoms. The Morgan fingerprint density at radius 2 is 2.20 bits per heavy atom. The van der Waals surface area contributed by atoms with Crippen LogP contribution in [-0.2, 0) is 14.8 Å². The highest BCUT2D eigenvalue weighted by Gasteiger charge is 2.27. The summed E-state index contributed by atoms with van der Waals surface area (Å²) in [6, 6.07) is 1.97. The lowest BCUT2D eigenvalue weighted by Crippen LogP contribution is -2.35. The third-order valence-corrected chi connectivity index (χ3v) is 4.72. The summed E-state index contributed by atoms with van der Waals surface area (Å²) >= 11 is 0. The molecule has 110 valence electrons. The van der Waals surface area contributed by atoms with E-state index in [9.17, 15) is 18.5 Å². The number of nitro benzene ring substituents is 1.